The first-order chi connectivity index (χ1) is 9.04. The molecule has 19 heavy (non-hydrogen) atoms. The van der Waals surface area contributed by atoms with Crippen LogP contribution in [0.25, 0.3) is 0 Å². The summed E-state index contributed by atoms with van der Waals surface area (Å²) in [5.74, 6) is -1.52. The molecular formula is C14H19NO4. The molecule has 0 aliphatic heterocycles. The van der Waals surface area contributed by atoms with Crippen LogP contribution in [0.15, 0.2) is 30.3 Å². The summed E-state index contributed by atoms with van der Waals surface area (Å²) in [6.45, 7) is 2.11. The normalized spacial score (nSPS) is 13.6. The van der Waals surface area contributed by atoms with Gasteiger partial charge in [-0.25, -0.2) is 0 Å². The molecule has 0 bridgehead atoms. The Labute approximate surface area is 112 Å². The summed E-state index contributed by atoms with van der Waals surface area (Å²) in [5.41, 5.74) is 0.546. The molecule has 5 heteroatoms. The standard InChI is InChI=1S/C14H19NO4/c1-2-10(12(16)8-13(17)18)9-15-14(19)11-6-4-3-5-7-11/h3-7,10,12,16H,2,8-9H2,1H3,(H,15,19)(H,17,18)/t10?,12-/m1/s1. The Morgan fingerprint density at radius 1 is 1.26 bits per heavy atom. The van der Waals surface area contributed by atoms with Gasteiger partial charge in [-0.05, 0) is 18.6 Å². The lowest BCUT2D eigenvalue weighted by Gasteiger charge is -2.20. The first kappa shape index (κ1) is 15.2. The molecule has 0 saturated heterocycles. The highest BCUT2D eigenvalue weighted by atomic mass is 16.4. The molecule has 3 N–H and O–H groups in total. The molecule has 1 aromatic rings. The maximum Gasteiger partial charge on any atom is 0.305 e. The Kier molecular flexibility index (Phi) is 6.02. The van der Waals surface area contributed by atoms with Gasteiger partial charge in [0, 0.05) is 18.0 Å². The summed E-state index contributed by atoms with van der Waals surface area (Å²) >= 11 is 0. The molecule has 1 aromatic carbocycles. The predicted molar refractivity (Wildman–Crippen MR) is 70.8 cm³/mol. The number of aliphatic carboxylic acids is 1. The van der Waals surface area contributed by atoms with Gasteiger partial charge >= 0.3 is 5.97 Å². The molecule has 0 heterocycles. The van der Waals surface area contributed by atoms with Crippen molar-refractivity contribution in [1.82, 2.24) is 5.32 Å². The van der Waals surface area contributed by atoms with Gasteiger partial charge in [0.05, 0.1) is 12.5 Å². The summed E-state index contributed by atoms with van der Waals surface area (Å²) < 4.78 is 0. The number of carboxylic acids is 1. The first-order valence-corrected chi connectivity index (χ1v) is 6.27. The van der Waals surface area contributed by atoms with E-state index in [-0.39, 0.29) is 24.8 Å². The van der Waals surface area contributed by atoms with Gasteiger partial charge in [-0.3, -0.25) is 9.59 Å². The molecule has 0 spiro atoms. The van der Waals surface area contributed by atoms with E-state index in [1.54, 1.807) is 24.3 Å². The monoisotopic (exact) mass is 265 g/mol. The molecule has 2 atom stereocenters. The molecular weight excluding hydrogens is 246 g/mol. The van der Waals surface area contributed by atoms with Crippen LogP contribution in [0.1, 0.15) is 30.1 Å². The van der Waals surface area contributed by atoms with E-state index in [2.05, 4.69) is 5.32 Å². The van der Waals surface area contributed by atoms with E-state index in [4.69, 9.17) is 5.11 Å². The number of amides is 1. The average Bonchev–Trinajstić information content (AvgIpc) is 2.39. The van der Waals surface area contributed by atoms with E-state index < -0.39 is 12.1 Å². The Morgan fingerprint density at radius 2 is 1.89 bits per heavy atom. The van der Waals surface area contributed by atoms with Crippen LogP contribution >= 0.6 is 0 Å². The SMILES string of the molecule is CCC(CNC(=O)c1ccccc1)[C@H](O)CC(=O)O. The van der Waals surface area contributed by atoms with Crippen molar-refractivity contribution in [2.45, 2.75) is 25.9 Å². The van der Waals surface area contributed by atoms with Crippen LogP contribution in [0.5, 0.6) is 0 Å². The van der Waals surface area contributed by atoms with Crippen LogP contribution in [0, 0.1) is 5.92 Å². The van der Waals surface area contributed by atoms with Gasteiger partial charge in [-0.15, -0.1) is 0 Å². The van der Waals surface area contributed by atoms with E-state index in [1.165, 1.54) is 0 Å². The zero-order valence-corrected chi connectivity index (χ0v) is 10.9. The third-order valence-corrected chi connectivity index (χ3v) is 3.01. The minimum atomic E-state index is -1.04. The van der Waals surface area contributed by atoms with Crippen LogP contribution < -0.4 is 5.32 Å². The molecule has 0 aliphatic carbocycles. The minimum Gasteiger partial charge on any atom is -0.481 e. The highest BCUT2D eigenvalue weighted by molar-refractivity contribution is 5.94. The number of rotatable bonds is 7. The number of aliphatic hydroxyl groups is 1. The van der Waals surface area contributed by atoms with Gasteiger partial charge in [0.2, 0.25) is 0 Å². The number of benzene rings is 1. The van der Waals surface area contributed by atoms with Gasteiger partial charge in [-0.1, -0.05) is 25.1 Å². The maximum atomic E-state index is 11.8. The third kappa shape index (κ3) is 5.09. The van der Waals surface area contributed by atoms with Crippen molar-refractivity contribution in [3.05, 3.63) is 35.9 Å². The van der Waals surface area contributed by atoms with Gasteiger partial charge in [-0.2, -0.15) is 0 Å². The molecule has 0 fully saturated rings. The van der Waals surface area contributed by atoms with Crippen molar-refractivity contribution < 1.29 is 19.8 Å². The van der Waals surface area contributed by atoms with Crippen LogP contribution in [0.3, 0.4) is 0 Å². The van der Waals surface area contributed by atoms with Crippen molar-refractivity contribution in [2.24, 2.45) is 5.92 Å². The average molecular weight is 265 g/mol. The van der Waals surface area contributed by atoms with E-state index >= 15 is 0 Å². The Hall–Kier alpha value is -1.88. The second-order valence-electron chi connectivity index (χ2n) is 4.41. The number of aliphatic hydroxyl groups excluding tert-OH is 1. The second-order valence-corrected chi connectivity index (χ2v) is 4.41. The molecule has 0 aromatic heterocycles. The van der Waals surface area contributed by atoms with Crippen molar-refractivity contribution in [1.29, 1.82) is 0 Å². The molecule has 0 radical (unpaired) electrons. The van der Waals surface area contributed by atoms with Crippen molar-refractivity contribution in [3.63, 3.8) is 0 Å². The van der Waals surface area contributed by atoms with Crippen molar-refractivity contribution in [2.75, 3.05) is 6.54 Å². The van der Waals surface area contributed by atoms with Crippen LogP contribution in [-0.4, -0.2) is 34.7 Å². The number of nitrogens with one attached hydrogen (secondary N) is 1. The molecule has 0 aliphatic rings. The zero-order valence-electron chi connectivity index (χ0n) is 10.9. The van der Waals surface area contributed by atoms with E-state index in [9.17, 15) is 14.7 Å². The number of hydrogen-bond donors (Lipinski definition) is 3. The zero-order chi connectivity index (χ0) is 14.3. The molecule has 1 unspecified atom stereocenters. The second kappa shape index (κ2) is 7.53. The van der Waals surface area contributed by atoms with E-state index in [0.717, 1.165) is 0 Å². The van der Waals surface area contributed by atoms with Gasteiger partial charge in [0.1, 0.15) is 0 Å². The highest BCUT2D eigenvalue weighted by Crippen LogP contribution is 2.11. The largest absolute Gasteiger partial charge is 0.481 e. The van der Waals surface area contributed by atoms with Crippen LogP contribution in [-0.2, 0) is 4.79 Å². The lowest BCUT2D eigenvalue weighted by molar-refractivity contribution is -0.139. The topological polar surface area (TPSA) is 86.6 Å². The van der Waals surface area contributed by atoms with Crippen molar-refractivity contribution >= 4 is 11.9 Å². The van der Waals surface area contributed by atoms with Gasteiger partial charge < -0.3 is 15.5 Å². The summed E-state index contributed by atoms with van der Waals surface area (Å²) in [6, 6.07) is 8.76. The fraction of sp³-hybridized carbons (Fsp3) is 0.429. The van der Waals surface area contributed by atoms with Crippen LogP contribution in [0.4, 0.5) is 0 Å². The minimum absolute atomic E-state index is 0.221. The molecule has 104 valence electrons. The number of carboxylic acid groups (broad SMARTS) is 1. The summed E-state index contributed by atoms with van der Waals surface area (Å²) in [7, 11) is 0. The fourth-order valence-corrected chi connectivity index (χ4v) is 1.81. The first-order valence-electron chi connectivity index (χ1n) is 6.27. The quantitative estimate of drug-likeness (QED) is 0.693. The Morgan fingerprint density at radius 3 is 2.42 bits per heavy atom. The third-order valence-electron chi connectivity index (χ3n) is 3.01. The highest BCUT2D eigenvalue weighted by Gasteiger charge is 2.21. The summed E-state index contributed by atoms with van der Waals surface area (Å²) in [4.78, 5) is 22.3. The van der Waals surface area contributed by atoms with E-state index in [0.29, 0.717) is 12.0 Å². The fourth-order valence-electron chi connectivity index (χ4n) is 1.81. The van der Waals surface area contributed by atoms with Crippen molar-refractivity contribution in [3.8, 4) is 0 Å². The number of carbonyl (C=O) groups excluding carboxylic acids is 1. The smallest absolute Gasteiger partial charge is 0.305 e. The lowest BCUT2D eigenvalue weighted by atomic mass is 9.97. The maximum absolute atomic E-state index is 11.8. The Bertz CT molecular complexity index is 419. The molecule has 5 nitrogen and oxygen atoms in total. The molecule has 0 saturated carbocycles. The number of carbonyl (C=O) groups is 2. The summed E-state index contributed by atoms with van der Waals surface area (Å²) in [6.07, 6.45) is -0.651. The van der Waals surface area contributed by atoms with Gasteiger partial charge in [0.25, 0.3) is 5.91 Å². The lowest BCUT2D eigenvalue weighted by Crippen LogP contribution is -2.35. The molecule has 1 amide bonds. The molecule has 1 rings (SSSR count). The predicted octanol–water partition coefficient (Wildman–Crippen LogP) is 1.28. The number of hydrogen-bond acceptors (Lipinski definition) is 3. The van der Waals surface area contributed by atoms with Crippen LogP contribution in [0.2, 0.25) is 0 Å². The Balaban J connectivity index is 2.49. The van der Waals surface area contributed by atoms with Gasteiger partial charge in [0.15, 0.2) is 0 Å². The van der Waals surface area contributed by atoms with E-state index in [1.807, 2.05) is 13.0 Å². The summed E-state index contributed by atoms with van der Waals surface area (Å²) in [5, 5.41) is 21.1.